The molecule has 0 spiro atoms. The lowest BCUT2D eigenvalue weighted by atomic mass is 9.98. The zero-order chi connectivity index (χ0) is 16.2. The molecule has 9 heteroatoms. The molecule has 1 saturated heterocycles. The van der Waals surface area contributed by atoms with E-state index in [4.69, 9.17) is 4.74 Å². The number of nitrogens with zero attached hydrogens (tertiary/aromatic N) is 1. The number of hydrogen-bond acceptors (Lipinski definition) is 4. The Morgan fingerprint density at radius 3 is 2.77 bits per heavy atom. The Kier molecular flexibility index (Phi) is 5.52. The summed E-state index contributed by atoms with van der Waals surface area (Å²) in [5.74, 6) is -0.592. The first-order chi connectivity index (χ1) is 10.4. The van der Waals surface area contributed by atoms with Gasteiger partial charge in [0.15, 0.2) is 5.69 Å². The fraction of sp³-hybridized carbons (Fsp3) is 0.615. The molecule has 2 atom stereocenters. The first kappa shape index (κ1) is 16.9. The van der Waals surface area contributed by atoms with Crippen molar-refractivity contribution in [3.63, 3.8) is 0 Å². The van der Waals surface area contributed by atoms with Crippen LogP contribution in [-0.4, -0.2) is 37.4 Å². The van der Waals surface area contributed by atoms with E-state index in [1.54, 1.807) is 0 Å². The van der Waals surface area contributed by atoms with Crippen molar-refractivity contribution in [3.8, 4) is 5.75 Å². The minimum atomic E-state index is -4.61. The van der Waals surface area contributed by atoms with Crippen LogP contribution in [0.15, 0.2) is 18.3 Å². The fourth-order valence-corrected chi connectivity index (χ4v) is 2.29. The van der Waals surface area contributed by atoms with Crippen LogP contribution in [0.5, 0.6) is 5.75 Å². The van der Waals surface area contributed by atoms with Crippen LogP contribution in [0.1, 0.15) is 12.1 Å². The molecular weight excluding hydrogens is 311 g/mol. The summed E-state index contributed by atoms with van der Waals surface area (Å²) in [6.45, 7) is -2.17. The number of rotatable bonds is 5. The molecule has 2 unspecified atom stereocenters. The highest BCUT2D eigenvalue weighted by atomic mass is 19.4. The first-order valence-corrected chi connectivity index (χ1v) is 6.65. The summed E-state index contributed by atoms with van der Waals surface area (Å²) in [5.41, 5.74) is -1.10. The topological polar surface area (TPSA) is 43.4 Å². The molecule has 0 saturated carbocycles. The van der Waals surface area contributed by atoms with E-state index < -0.39 is 24.6 Å². The van der Waals surface area contributed by atoms with Crippen LogP contribution in [0.3, 0.4) is 0 Å². The molecule has 1 fully saturated rings. The van der Waals surface area contributed by atoms with Crippen LogP contribution in [0.2, 0.25) is 0 Å². The fourth-order valence-electron chi connectivity index (χ4n) is 2.29. The van der Waals surface area contributed by atoms with Crippen molar-refractivity contribution < 1.29 is 31.4 Å². The van der Waals surface area contributed by atoms with Gasteiger partial charge in [0.25, 0.3) is 0 Å². The summed E-state index contributed by atoms with van der Waals surface area (Å²) in [6, 6.07) is 2.52. The van der Waals surface area contributed by atoms with Gasteiger partial charge in [-0.1, -0.05) is 0 Å². The van der Waals surface area contributed by atoms with Crippen LogP contribution in [0, 0.1) is 5.92 Å². The van der Waals surface area contributed by atoms with Gasteiger partial charge in [-0.05, 0) is 18.6 Å². The average molecular weight is 326 g/mol. The second-order valence-electron chi connectivity index (χ2n) is 4.94. The first-order valence-electron chi connectivity index (χ1n) is 6.65. The van der Waals surface area contributed by atoms with Crippen molar-refractivity contribution in [1.82, 2.24) is 10.3 Å². The monoisotopic (exact) mass is 326 g/mol. The van der Waals surface area contributed by atoms with Crippen LogP contribution in [0.25, 0.3) is 0 Å². The lowest BCUT2D eigenvalue weighted by Gasteiger charge is -2.29. The zero-order valence-corrected chi connectivity index (χ0v) is 11.4. The summed E-state index contributed by atoms with van der Waals surface area (Å²) in [7, 11) is 0. The summed E-state index contributed by atoms with van der Waals surface area (Å²) in [6.07, 6.45) is -3.97. The largest absolute Gasteiger partial charge is 0.491 e. The molecule has 124 valence electrons. The van der Waals surface area contributed by atoms with Crippen molar-refractivity contribution in [2.45, 2.75) is 25.3 Å². The maximum Gasteiger partial charge on any atom is 0.437 e. The lowest BCUT2D eigenvalue weighted by Crippen LogP contribution is -2.43. The van der Waals surface area contributed by atoms with E-state index in [1.165, 1.54) is 12.1 Å². The molecular formula is C13H15F5N2O2. The third-order valence-electron chi connectivity index (χ3n) is 3.21. The van der Waals surface area contributed by atoms with Gasteiger partial charge in [-0.15, -0.1) is 0 Å². The molecule has 2 heterocycles. The van der Waals surface area contributed by atoms with Crippen molar-refractivity contribution in [3.05, 3.63) is 24.0 Å². The SMILES string of the molecule is FC(F)OC1CNCC(COc2cccnc2C(F)(F)F)C1. The number of pyridine rings is 1. The van der Waals surface area contributed by atoms with Gasteiger partial charge in [0.1, 0.15) is 5.75 Å². The van der Waals surface area contributed by atoms with Gasteiger partial charge in [0.2, 0.25) is 0 Å². The summed E-state index contributed by atoms with van der Waals surface area (Å²) < 4.78 is 72.2. The number of piperidine rings is 1. The number of alkyl halides is 5. The highest BCUT2D eigenvalue weighted by molar-refractivity contribution is 5.29. The Morgan fingerprint density at radius 1 is 1.32 bits per heavy atom. The van der Waals surface area contributed by atoms with E-state index in [-0.39, 0.29) is 24.8 Å². The van der Waals surface area contributed by atoms with Gasteiger partial charge < -0.3 is 14.8 Å². The smallest absolute Gasteiger partial charge is 0.437 e. The number of hydrogen-bond donors (Lipinski definition) is 1. The Morgan fingerprint density at radius 2 is 2.09 bits per heavy atom. The van der Waals surface area contributed by atoms with Crippen molar-refractivity contribution >= 4 is 0 Å². The van der Waals surface area contributed by atoms with Crippen LogP contribution in [0.4, 0.5) is 22.0 Å². The normalized spacial score (nSPS) is 22.8. The maximum atomic E-state index is 12.8. The molecule has 22 heavy (non-hydrogen) atoms. The van der Waals surface area contributed by atoms with Gasteiger partial charge in [-0.25, -0.2) is 4.98 Å². The summed E-state index contributed by atoms with van der Waals surface area (Å²) in [5, 5.41) is 2.90. The van der Waals surface area contributed by atoms with E-state index in [2.05, 4.69) is 15.0 Å². The molecule has 4 nitrogen and oxygen atoms in total. The molecule has 2 rings (SSSR count). The lowest BCUT2D eigenvalue weighted by molar-refractivity contribution is -0.170. The highest BCUT2D eigenvalue weighted by Crippen LogP contribution is 2.34. The Balaban J connectivity index is 1.93. The van der Waals surface area contributed by atoms with E-state index in [0.29, 0.717) is 13.0 Å². The third kappa shape index (κ3) is 4.77. The molecule has 0 bridgehead atoms. The molecule has 0 radical (unpaired) electrons. The quantitative estimate of drug-likeness (QED) is 0.845. The number of aromatic nitrogens is 1. The molecule has 0 aromatic carbocycles. The molecule has 1 N–H and O–H groups in total. The van der Waals surface area contributed by atoms with Crippen LogP contribution in [-0.2, 0) is 10.9 Å². The molecule has 1 aliphatic heterocycles. The Bertz CT molecular complexity index is 484. The molecule has 1 aromatic heterocycles. The van der Waals surface area contributed by atoms with Gasteiger partial charge in [-0.2, -0.15) is 22.0 Å². The summed E-state index contributed by atoms with van der Waals surface area (Å²) in [4.78, 5) is 3.28. The summed E-state index contributed by atoms with van der Waals surface area (Å²) >= 11 is 0. The Labute approximate surface area is 123 Å². The van der Waals surface area contributed by atoms with Crippen molar-refractivity contribution in [2.24, 2.45) is 5.92 Å². The van der Waals surface area contributed by atoms with E-state index >= 15 is 0 Å². The maximum absolute atomic E-state index is 12.8. The zero-order valence-electron chi connectivity index (χ0n) is 11.4. The second kappa shape index (κ2) is 7.19. The van der Waals surface area contributed by atoms with Gasteiger partial charge in [0.05, 0.1) is 12.7 Å². The second-order valence-corrected chi connectivity index (χ2v) is 4.94. The minimum Gasteiger partial charge on any atom is -0.491 e. The Hall–Kier alpha value is -1.48. The number of halogens is 5. The average Bonchev–Trinajstić information content (AvgIpc) is 2.44. The van der Waals surface area contributed by atoms with Gasteiger partial charge in [-0.3, -0.25) is 0 Å². The van der Waals surface area contributed by atoms with E-state index in [0.717, 1.165) is 6.20 Å². The number of ether oxygens (including phenoxy) is 2. The number of nitrogens with one attached hydrogen (secondary N) is 1. The van der Waals surface area contributed by atoms with E-state index in [9.17, 15) is 22.0 Å². The van der Waals surface area contributed by atoms with Crippen LogP contribution >= 0.6 is 0 Å². The predicted octanol–water partition coefficient (Wildman–Crippen LogP) is 2.70. The molecule has 1 aliphatic rings. The molecule has 1 aromatic rings. The minimum absolute atomic E-state index is 0.0368. The van der Waals surface area contributed by atoms with E-state index in [1.807, 2.05) is 0 Å². The van der Waals surface area contributed by atoms with Crippen molar-refractivity contribution in [2.75, 3.05) is 19.7 Å². The molecule has 0 aliphatic carbocycles. The third-order valence-corrected chi connectivity index (χ3v) is 3.21. The predicted molar refractivity (Wildman–Crippen MR) is 66.6 cm³/mol. The van der Waals surface area contributed by atoms with Crippen LogP contribution < -0.4 is 10.1 Å². The van der Waals surface area contributed by atoms with Gasteiger partial charge in [0, 0.05) is 25.2 Å². The van der Waals surface area contributed by atoms with Gasteiger partial charge >= 0.3 is 12.8 Å². The van der Waals surface area contributed by atoms with Crippen molar-refractivity contribution in [1.29, 1.82) is 0 Å². The molecule has 0 amide bonds. The standard InChI is InChI=1S/C13H15F5N2O2/c14-12(15)22-9-4-8(5-19-6-9)7-21-10-2-1-3-20-11(10)13(16,17)18/h1-3,8-9,12,19H,4-7H2. The highest BCUT2D eigenvalue weighted by Gasteiger charge is 2.36.